The number of pyridine rings is 1. The van der Waals surface area contributed by atoms with Gasteiger partial charge in [0.15, 0.2) is 11.3 Å². The van der Waals surface area contributed by atoms with E-state index in [9.17, 15) is 4.79 Å². The zero-order valence-electron chi connectivity index (χ0n) is 9.18. The third-order valence-electron chi connectivity index (χ3n) is 2.23. The van der Waals surface area contributed by atoms with Gasteiger partial charge in [-0.25, -0.2) is 9.78 Å². The number of aromatic nitrogens is 2. The van der Waals surface area contributed by atoms with Gasteiger partial charge in [0.05, 0.1) is 17.7 Å². The summed E-state index contributed by atoms with van der Waals surface area (Å²) in [5, 5.41) is 9.08. The van der Waals surface area contributed by atoms with Crippen molar-refractivity contribution in [2.24, 2.45) is 0 Å². The van der Waals surface area contributed by atoms with Gasteiger partial charge in [-0.05, 0) is 34.5 Å². The number of aliphatic hydroxyl groups excluding tert-OH is 1. The molecule has 2 aromatic heterocycles. The van der Waals surface area contributed by atoms with E-state index in [-0.39, 0.29) is 12.3 Å². The number of imidazole rings is 1. The third-order valence-corrected chi connectivity index (χ3v) is 2.81. The molecule has 1 N–H and O–H groups in total. The molecule has 0 saturated carbocycles. The first-order valence-electron chi connectivity index (χ1n) is 5.10. The van der Waals surface area contributed by atoms with Gasteiger partial charge in [0.1, 0.15) is 0 Å². The third kappa shape index (κ3) is 2.32. The monoisotopic (exact) mass is 298 g/mol. The number of carbonyl (C=O) groups excluding carboxylic acids is 1. The van der Waals surface area contributed by atoms with Crippen molar-refractivity contribution in [2.75, 3.05) is 6.61 Å². The van der Waals surface area contributed by atoms with Crippen LogP contribution in [0.3, 0.4) is 0 Å². The molecule has 0 aliphatic rings. The first kappa shape index (κ1) is 12.1. The molecule has 6 heteroatoms. The molecule has 90 valence electrons. The molecule has 0 saturated heterocycles. The minimum absolute atomic E-state index is 0.0680. The molecule has 17 heavy (non-hydrogen) atoms. The van der Waals surface area contributed by atoms with Gasteiger partial charge in [0, 0.05) is 12.4 Å². The summed E-state index contributed by atoms with van der Waals surface area (Å²) >= 11 is 3.34. The maximum absolute atomic E-state index is 11.5. The lowest BCUT2D eigenvalue weighted by molar-refractivity contribution is 0.0520. The Bertz CT molecular complexity index is 565. The van der Waals surface area contributed by atoms with E-state index in [0.717, 1.165) is 10.0 Å². The topological polar surface area (TPSA) is 63.8 Å². The van der Waals surface area contributed by atoms with Gasteiger partial charge >= 0.3 is 5.97 Å². The summed E-state index contributed by atoms with van der Waals surface area (Å²) < 4.78 is 7.28. The number of halogens is 1. The first-order chi connectivity index (χ1) is 8.15. The highest BCUT2D eigenvalue weighted by molar-refractivity contribution is 9.10. The number of hydrogen-bond donors (Lipinski definition) is 1. The average Bonchev–Trinajstić information content (AvgIpc) is 2.73. The number of nitrogens with zero attached hydrogens (tertiary/aromatic N) is 2. The number of carbonyl (C=O) groups is 1. The van der Waals surface area contributed by atoms with Crippen molar-refractivity contribution in [3.63, 3.8) is 0 Å². The number of fused-ring (bicyclic) bond motifs is 1. The van der Waals surface area contributed by atoms with Gasteiger partial charge in [-0.2, -0.15) is 0 Å². The zero-order chi connectivity index (χ0) is 12.4. The number of hydrogen-bond acceptors (Lipinski definition) is 4. The highest BCUT2D eigenvalue weighted by Crippen LogP contribution is 2.20. The van der Waals surface area contributed by atoms with Crippen molar-refractivity contribution < 1.29 is 14.6 Å². The lowest BCUT2D eigenvalue weighted by Gasteiger charge is -1.99. The average molecular weight is 299 g/mol. The Kier molecular flexibility index (Phi) is 3.44. The van der Waals surface area contributed by atoms with Crippen LogP contribution >= 0.6 is 15.9 Å². The molecule has 0 bridgehead atoms. The normalized spacial score (nSPS) is 10.8. The van der Waals surface area contributed by atoms with Crippen LogP contribution in [-0.2, 0) is 11.3 Å². The van der Waals surface area contributed by atoms with Crippen LogP contribution in [0, 0.1) is 0 Å². The van der Waals surface area contributed by atoms with Gasteiger partial charge in [0.2, 0.25) is 0 Å². The summed E-state index contributed by atoms with van der Waals surface area (Å²) in [6, 6.07) is 1.76. The summed E-state index contributed by atoms with van der Waals surface area (Å²) in [6.45, 7) is 1.99. The van der Waals surface area contributed by atoms with E-state index in [1.807, 2.05) is 0 Å². The van der Waals surface area contributed by atoms with Crippen LogP contribution in [0.4, 0.5) is 0 Å². The Morgan fingerprint density at radius 3 is 3.00 bits per heavy atom. The SMILES string of the molecule is CCOC(=O)c1cn2cc(CO)cc(Br)c2n1. The molecule has 2 aromatic rings. The second kappa shape index (κ2) is 4.85. The largest absolute Gasteiger partial charge is 0.461 e. The summed E-state index contributed by atoms with van der Waals surface area (Å²) in [5.41, 5.74) is 1.60. The Labute approximate surface area is 106 Å². The lowest BCUT2D eigenvalue weighted by atomic mass is 10.3. The molecule has 0 aliphatic heterocycles. The van der Waals surface area contributed by atoms with E-state index in [1.165, 1.54) is 0 Å². The highest BCUT2D eigenvalue weighted by Gasteiger charge is 2.13. The standard InChI is InChI=1S/C11H11BrN2O3/c1-2-17-11(16)9-5-14-4-7(6-15)3-8(12)10(14)13-9/h3-5,15H,2,6H2,1H3. The van der Waals surface area contributed by atoms with Crippen molar-refractivity contribution >= 4 is 27.5 Å². The second-order valence-electron chi connectivity index (χ2n) is 3.43. The van der Waals surface area contributed by atoms with Crippen molar-refractivity contribution in [1.29, 1.82) is 0 Å². The second-order valence-corrected chi connectivity index (χ2v) is 4.29. The smallest absolute Gasteiger partial charge is 0.358 e. The van der Waals surface area contributed by atoms with Crippen LogP contribution in [0.15, 0.2) is 22.9 Å². The van der Waals surface area contributed by atoms with E-state index in [4.69, 9.17) is 9.84 Å². The Balaban J connectivity index is 2.49. The van der Waals surface area contributed by atoms with Gasteiger partial charge in [-0.1, -0.05) is 0 Å². The fourth-order valence-electron chi connectivity index (χ4n) is 1.50. The fourth-order valence-corrected chi connectivity index (χ4v) is 2.09. The zero-order valence-corrected chi connectivity index (χ0v) is 10.8. The molecule has 5 nitrogen and oxygen atoms in total. The molecule has 0 atom stereocenters. The summed E-state index contributed by atoms with van der Waals surface area (Å²) in [4.78, 5) is 15.7. The van der Waals surface area contributed by atoms with Gasteiger partial charge in [-0.3, -0.25) is 0 Å². The van der Waals surface area contributed by atoms with Gasteiger partial charge in [0.25, 0.3) is 0 Å². The van der Waals surface area contributed by atoms with Crippen molar-refractivity contribution in [3.8, 4) is 0 Å². The number of esters is 1. The molecule has 2 heterocycles. The molecule has 0 spiro atoms. The molecule has 2 rings (SSSR count). The van der Waals surface area contributed by atoms with Crippen LogP contribution in [0.5, 0.6) is 0 Å². The Hall–Kier alpha value is -1.40. The first-order valence-corrected chi connectivity index (χ1v) is 5.90. The van der Waals surface area contributed by atoms with Crippen molar-refractivity contribution in [1.82, 2.24) is 9.38 Å². The lowest BCUT2D eigenvalue weighted by Crippen LogP contribution is -2.04. The number of ether oxygens (including phenoxy) is 1. The fraction of sp³-hybridized carbons (Fsp3) is 0.273. The van der Waals surface area contributed by atoms with E-state index >= 15 is 0 Å². The molecular weight excluding hydrogens is 288 g/mol. The summed E-state index contributed by atoms with van der Waals surface area (Å²) in [5.74, 6) is -0.450. The molecule has 0 fully saturated rings. The van der Waals surface area contributed by atoms with Crippen molar-refractivity contribution in [2.45, 2.75) is 13.5 Å². The van der Waals surface area contributed by atoms with E-state index < -0.39 is 5.97 Å². The Morgan fingerprint density at radius 2 is 2.35 bits per heavy atom. The molecule has 0 radical (unpaired) electrons. The molecular formula is C11H11BrN2O3. The van der Waals surface area contributed by atoms with E-state index in [1.54, 1.807) is 29.8 Å². The van der Waals surface area contributed by atoms with Gasteiger partial charge in [-0.15, -0.1) is 0 Å². The molecule has 0 unspecified atom stereocenters. The van der Waals surface area contributed by atoms with Gasteiger partial charge < -0.3 is 14.2 Å². The van der Waals surface area contributed by atoms with Crippen LogP contribution in [-0.4, -0.2) is 27.1 Å². The summed E-state index contributed by atoms with van der Waals surface area (Å²) in [6.07, 6.45) is 3.30. The molecule has 0 aromatic carbocycles. The predicted octanol–water partition coefficient (Wildman–Crippen LogP) is 1.77. The summed E-state index contributed by atoms with van der Waals surface area (Å²) in [7, 11) is 0. The maximum atomic E-state index is 11.5. The molecule has 0 amide bonds. The van der Waals surface area contributed by atoms with Crippen LogP contribution in [0.1, 0.15) is 23.0 Å². The Morgan fingerprint density at radius 1 is 1.59 bits per heavy atom. The minimum Gasteiger partial charge on any atom is -0.461 e. The maximum Gasteiger partial charge on any atom is 0.358 e. The van der Waals surface area contributed by atoms with E-state index in [0.29, 0.717) is 12.3 Å². The van der Waals surface area contributed by atoms with Crippen LogP contribution in [0.2, 0.25) is 0 Å². The molecule has 0 aliphatic carbocycles. The van der Waals surface area contributed by atoms with E-state index in [2.05, 4.69) is 20.9 Å². The number of aliphatic hydroxyl groups is 1. The predicted molar refractivity (Wildman–Crippen MR) is 64.8 cm³/mol. The van der Waals surface area contributed by atoms with Crippen molar-refractivity contribution in [3.05, 3.63) is 34.2 Å². The van der Waals surface area contributed by atoms with Crippen LogP contribution in [0.25, 0.3) is 5.65 Å². The minimum atomic E-state index is -0.450. The number of rotatable bonds is 3. The quantitative estimate of drug-likeness (QED) is 0.877. The van der Waals surface area contributed by atoms with Crippen LogP contribution < -0.4 is 0 Å². The highest BCUT2D eigenvalue weighted by atomic mass is 79.9.